The number of carbonyl (C=O) groups is 1. The van der Waals surface area contributed by atoms with Crippen LogP contribution in [-0.4, -0.2) is 10.9 Å². The molecule has 1 N–H and O–H groups in total. The Balaban J connectivity index is 1.58. The van der Waals surface area contributed by atoms with E-state index in [1.54, 1.807) is 42.9 Å². The van der Waals surface area contributed by atoms with Crippen LogP contribution >= 0.6 is 27.3 Å². The minimum absolute atomic E-state index is 0.316. The zero-order valence-corrected chi connectivity index (χ0v) is 15.5. The Morgan fingerprint density at radius 1 is 1.12 bits per heavy atom. The van der Waals surface area contributed by atoms with Gasteiger partial charge >= 0.3 is 0 Å². The van der Waals surface area contributed by atoms with Crippen LogP contribution < -0.4 is 5.32 Å². The topological polar surface area (TPSA) is 81.4 Å². The average molecular weight is 431 g/mol. The maximum absolute atomic E-state index is 12.2. The molecule has 1 amide bonds. The molecule has 26 heavy (non-hydrogen) atoms. The number of hydrogen-bond acceptors (Lipinski definition) is 6. The summed E-state index contributed by atoms with van der Waals surface area (Å²) in [5.74, 6) is 1.51. The number of rotatable bonds is 5. The SMILES string of the molecule is O=C(C=Cc1ccc(Br)o1)Nc1nc(-c2ccco2)c(-c2ccco2)s1. The number of nitrogens with zero attached hydrogens (tertiary/aromatic N) is 1. The van der Waals surface area contributed by atoms with Crippen molar-refractivity contribution >= 4 is 44.4 Å². The molecule has 4 heterocycles. The van der Waals surface area contributed by atoms with Gasteiger partial charge in [0.05, 0.1) is 12.5 Å². The Labute approximate surface area is 160 Å². The first-order valence-electron chi connectivity index (χ1n) is 7.52. The zero-order valence-electron chi connectivity index (χ0n) is 13.1. The van der Waals surface area contributed by atoms with E-state index >= 15 is 0 Å². The van der Waals surface area contributed by atoms with Crippen LogP contribution in [0.15, 0.2) is 72.9 Å². The first-order chi connectivity index (χ1) is 12.7. The third kappa shape index (κ3) is 3.56. The molecule has 0 spiro atoms. The monoisotopic (exact) mass is 430 g/mol. The van der Waals surface area contributed by atoms with Crippen molar-refractivity contribution in [1.82, 2.24) is 4.98 Å². The molecule has 0 aliphatic heterocycles. The van der Waals surface area contributed by atoms with Crippen molar-refractivity contribution in [3.8, 4) is 22.1 Å². The molecule has 130 valence electrons. The minimum atomic E-state index is -0.316. The molecule has 0 saturated carbocycles. The highest BCUT2D eigenvalue weighted by Gasteiger charge is 2.19. The lowest BCUT2D eigenvalue weighted by atomic mass is 10.2. The first kappa shape index (κ1) is 16.6. The van der Waals surface area contributed by atoms with Gasteiger partial charge in [0.2, 0.25) is 5.91 Å². The number of amides is 1. The molecule has 0 unspecified atom stereocenters. The molecule has 0 saturated heterocycles. The largest absolute Gasteiger partial charge is 0.463 e. The Kier molecular flexibility index (Phi) is 4.59. The fourth-order valence-corrected chi connectivity index (χ4v) is 3.51. The summed E-state index contributed by atoms with van der Waals surface area (Å²) in [6.45, 7) is 0. The number of anilines is 1. The normalized spacial score (nSPS) is 11.3. The van der Waals surface area contributed by atoms with Crippen molar-refractivity contribution in [2.45, 2.75) is 0 Å². The molecule has 4 aromatic rings. The zero-order chi connectivity index (χ0) is 17.9. The van der Waals surface area contributed by atoms with Crippen molar-refractivity contribution in [1.29, 1.82) is 0 Å². The smallest absolute Gasteiger partial charge is 0.250 e. The van der Waals surface area contributed by atoms with E-state index in [-0.39, 0.29) is 5.91 Å². The van der Waals surface area contributed by atoms with E-state index in [4.69, 9.17) is 13.3 Å². The van der Waals surface area contributed by atoms with E-state index < -0.39 is 0 Å². The van der Waals surface area contributed by atoms with Crippen LogP contribution in [0.3, 0.4) is 0 Å². The quantitative estimate of drug-likeness (QED) is 0.412. The molecule has 0 aliphatic rings. The van der Waals surface area contributed by atoms with Gasteiger partial charge in [-0.05, 0) is 58.4 Å². The van der Waals surface area contributed by atoms with Crippen LogP contribution in [0.1, 0.15) is 5.76 Å². The Morgan fingerprint density at radius 3 is 2.54 bits per heavy atom. The van der Waals surface area contributed by atoms with Gasteiger partial charge in [-0.3, -0.25) is 10.1 Å². The molecule has 0 bridgehead atoms. The second kappa shape index (κ2) is 7.19. The highest BCUT2D eigenvalue weighted by molar-refractivity contribution is 9.10. The summed E-state index contributed by atoms with van der Waals surface area (Å²) in [5.41, 5.74) is 0.615. The molecule has 0 aliphatic carbocycles. The number of carbonyl (C=O) groups excluding carboxylic acids is 1. The maximum Gasteiger partial charge on any atom is 0.250 e. The van der Waals surface area contributed by atoms with Gasteiger partial charge in [0.1, 0.15) is 22.1 Å². The highest BCUT2D eigenvalue weighted by atomic mass is 79.9. The van der Waals surface area contributed by atoms with Crippen LogP contribution in [0.5, 0.6) is 0 Å². The van der Waals surface area contributed by atoms with Gasteiger partial charge in [-0.1, -0.05) is 11.3 Å². The van der Waals surface area contributed by atoms with Crippen molar-refractivity contribution in [3.05, 3.63) is 65.4 Å². The van der Waals surface area contributed by atoms with Gasteiger partial charge in [0.15, 0.2) is 15.6 Å². The highest BCUT2D eigenvalue weighted by Crippen LogP contribution is 2.39. The van der Waals surface area contributed by atoms with Gasteiger partial charge in [-0.15, -0.1) is 0 Å². The molecular formula is C18H11BrN2O4S. The summed E-state index contributed by atoms with van der Waals surface area (Å²) in [6.07, 6.45) is 6.12. The Morgan fingerprint density at radius 2 is 1.88 bits per heavy atom. The number of hydrogen-bond donors (Lipinski definition) is 1. The van der Waals surface area contributed by atoms with Crippen LogP contribution in [0.2, 0.25) is 0 Å². The number of furan rings is 3. The van der Waals surface area contributed by atoms with E-state index in [1.165, 1.54) is 17.4 Å². The van der Waals surface area contributed by atoms with Gasteiger partial charge in [-0.2, -0.15) is 0 Å². The summed E-state index contributed by atoms with van der Waals surface area (Å²) in [4.78, 5) is 17.4. The molecule has 0 atom stereocenters. The molecule has 0 aromatic carbocycles. The van der Waals surface area contributed by atoms with E-state index in [0.29, 0.717) is 32.8 Å². The molecule has 4 rings (SSSR count). The number of thiazole rings is 1. The van der Waals surface area contributed by atoms with Gasteiger partial charge in [0, 0.05) is 6.08 Å². The fraction of sp³-hybridized carbons (Fsp3) is 0. The lowest BCUT2D eigenvalue weighted by Gasteiger charge is -1.95. The van der Waals surface area contributed by atoms with Crippen molar-refractivity contribution in [2.75, 3.05) is 5.32 Å². The second-order valence-corrected chi connectivity index (χ2v) is 6.90. The van der Waals surface area contributed by atoms with Crippen LogP contribution in [0, 0.1) is 0 Å². The van der Waals surface area contributed by atoms with E-state index in [0.717, 1.165) is 4.88 Å². The predicted octanol–water partition coefficient (Wildman–Crippen LogP) is 5.67. The van der Waals surface area contributed by atoms with E-state index in [9.17, 15) is 4.79 Å². The average Bonchev–Trinajstić information content (AvgIpc) is 3.39. The molecule has 4 aromatic heterocycles. The number of aromatic nitrogens is 1. The molecule has 6 nitrogen and oxygen atoms in total. The summed E-state index contributed by atoms with van der Waals surface area (Å²) >= 11 is 4.52. The van der Waals surface area contributed by atoms with Crippen LogP contribution in [0.25, 0.3) is 28.2 Å². The summed E-state index contributed by atoms with van der Waals surface area (Å²) in [7, 11) is 0. The lowest BCUT2D eigenvalue weighted by Crippen LogP contribution is -2.07. The first-order valence-corrected chi connectivity index (χ1v) is 9.13. The van der Waals surface area contributed by atoms with Gasteiger partial charge < -0.3 is 13.3 Å². The van der Waals surface area contributed by atoms with Crippen LogP contribution in [-0.2, 0) is 4.79 Å². The summed E-state index contributed by atoms with van der Waals surface area (Å²) in [5, 5.41) is 3.19. The molecule has 0 radical (unpaired) electrons. The minimum Gasteiger partial charge on any atom is -0.463 e. The molecular weight excluding hydrogens is 420 g/mol. The third-order valence-electron chi connectivity index (χ3n) is 3.35. The van der Waals surface area contributed by atoms with Crippen molar-refractivity contribution in [2.24, 2.45) is 0 Å². The second-order valence-electron chi connectivity index (χ2n) is 5.12. The number of halogens is 1. The Bertz CT molecular complexity index is 994. The third-order valence-corrected chi connectivity index (χ3v) is 4.76. The fourth-order valence-electron chi connectivity index (χ4n) is 2.25. The van der Waals surface area contributed by atoms with Crippen LogP contribution in [0.4, 0.5) is 5.13 Å². The van der Waals surface area contributed by atoms with Gasteiger partial charge in [-0.25, -0.2) is 4.98 Å². The summed E-state index contributed by atoms with van der Waals surface area (Å²) in [6, 6.07) is 10.7. The summed E-state index contributed by atoms with van der Waals surface area (Å²) < 4.78 is 16.8. The lowest BCUT2D eigenvalue weighted by molar-refractivity contribution is -0.111. The van der Waals surface area contributed by atoms with Crippen molar-refractivity contribution < 1.29 is 18.0 Å². The number of nitrogens with one attached hydrogen (secondary N) is 1. The Hall–Kier alpha value is -2.84. The maximum atomic E-state index is 12.2. The van der Waals surface area contributed by atoms with Crippen molar-refractivity contribution in [3.63, 3.8) is 0 Å². The molecule has 8 heteroatoms. The van der Waals surface area contributed by atoms with E-state index in [2.05, 4.69) is 26.2 Å². The standard InChI is InChI=1S/C18H11BrN2O4S/c19-14-7-5-11(25-14)6-8-15(22)20-18-21-16(12-3-1-9-23-12)17(26-18)13-4-2-10-24-13/h1-10H,(H,20,21,22). The molecule has 0 fully saturated rings. The van der Waals surface area contributed by atoms with E-state index in [1.807, 2.05) is 12.1 Å². The predicted molar refractivity (Wildman–Crippen MR) is 102 cm³/mol. The van der Waals surface area contributed by atoms with Gasteiger partial charge in [0.25, 0.3) is 0 Å².